The van der Waals surface area contributed by atoms with Gasteiger partial charge in [-0.15, -0.1) is 0 Å². The summed E-state index contributed by atoms with van der Waals surface area (Å²) in [5.41, 5.74) is 0.866. The lowest BCUT2D eigenvalue weighted by atomic mass is 9.92. The summed E-state index contributed by atoms with van der Waals surface area (Å²) in [7, 11) is 0. The molecule has 0 aliphatic rings. The van der Waals surface area contributed by atoms with Gasteiger partial charge in [0.15, 0.2) is 0 Å². The third-order valence-corrected chi connectivity index (χ3v) is 2.89. The second-order valence-electron chi connectivity index (χ2n) is 4.02. The predicted molar refractivity (Wildman–Crippen MR) is 64.7 cm³/mol. The van der Waals surface area contributed by atoms with E-state index in [-0.39, 0.29) is 11.7 Å². The van der Waals surface area contributed by atoms with Crippen molar-refractivity contribution in [2.45, 2.75) is 19.3 Å². The number of hydrogen-bond acceptors (Lipinski definition) is 2. The molecule has 0 aliphatic carbocycles. The van der Waals surface area contributed by atoms with Gasteiger partial charge in [0.25, 0.3) is 0 Å². The first-order valence-corrected chi connectivity index (χ1v) is 5.38. The van der Waals surface area contributed by atoms with Crippen LogP contribution in [-0.2, 0) is 4.79 Å². The van der Waals surface area contributed by atoms with E-state index in [4.69, 9.17) is 0 Å². The van der Waals surface area contributed by atoms with Crippen molar-refractivity contribution in [1.29, 1.82) is 0 Å². The van der Waals surface area contributed by atoms with Crippen LogP contribution in [-0.4, -0.2) is 11.4 Å². The van der Waals surface area contributed by atoms with Gasteiger partial charge in [-0.05, 0) is 22.8 Å². The average molecular weight is 214 g/mol. The van der Waals surface area contributed by atoms with E-state index in [2.05, 4.69) is 0 Å². The van der Waals surface area contributed by atoms with Crippen molar-refractivity contribution < 1.29 is 9.90 Å². The summed E-state index contributed by atoms with van der Waals surface area (Å²) in [4.78, 5) is 10.6. The van der Waals surface area contributed by atoms with E-state index in [1.807, 2.05) is 37.3 Å². The molecule has 0 saturated carbocycles. The molecule has 16 heavy (non-hydrogen) atoms. The molecule has 1 atom stereocenters. The maximum atomic E-state index is 10.6. The Hall–Kier alpha value is -1.83. The van der Waals surface area contributed by atoms with E-state index < -0.39 is 0 Å². The fraction of sp³-hybridized carbons (Fsp3) is 0.214. The van der Waals surface area contributed by atoms with Crippen LogP contribution in [0.5, 0.6) is 5.75 Å². The predicted octanol–water partition coefficient (Wildman–Crippen LogP) is 3.24. The molecule has 0 aliphatic heterocycles. The van der Waals surface area contributed by atoms with Crippen LogP contribution in [0, 0.1) is 0 Å². The van der Waals surface area contributed by atoms with Crippen molar-refractivity contribution in [2.75, 3.05) is 0 Å². The number of rotatable bonds is 3. The van der Waals surface area contributed by atoms with E-state index in [1.165, 1.54) is 0 Å². The summed E-state index contributed by atoms with van der Waals surface area (Å²) in [5.74, 6) is 0.316. The number of benzene rings is 2. The highest BCUT2D eigenvalue weighted by atomic mass is 16.3. The minimum absolute atomic E-state index is 0.0450. The Bertz CT molecular complexity index is 517. The zero-order valence-electron chi connectivity index (χ0n) is 9.18. The van der Waals surface area contributed by atoms with Crippen molar-refractivity contribution in [3.8, 4) is 5.75 Å². The number of phenolic OH excluding ortho intramolecular Hbond substituents is 1. The van der Waals surface area contributed by atoms with Crippen LogP contribution in [0.4, 0.5) is 0 Å². The van der Waals surface area contributed by atoms with Gasteiger partial charge in [-0.2, -0.15) is 0 Å². The molecule has 0 aromatic heterocycles. The van der Waals surface area contributed by atoms with E-state index in [1.54, 1.807) is 6.07 Å². The topological polar surface area (TPSA) is 37.3 Å². The molecule has 82 valence electrons. The van der Waals surface area contributed by atoms with E-state index in [0.29, 0.717) is 6.42 Å². The third kappa shape index (κ3) is 1.78. The summed E-state index contributed by atoms with van der Waals surface area (Å²) in [6, 6.07) is 11.5. The first kappa shape index (κ1) is 10.7. The number of fused-ring (bicyclic) bond motifs is 1. The maximum Gasteiger partial charge on any atom is 0.120 e. The van der Waals surface area contributed by atoms with Crippen molar-refractivity contribution in [1.82, 2.24) is 0 Å². The van der Waals surface area contributed by atoms with Crippen molar-refractivity contribution >= 4 is 17.1 Å². The molecule has 2 rings (SSSR count). The van der Waals surface area contributed by atoms with Gasteiger partial charge in [-0.25, -0.2) is 0 Å². The molecule has 1 unspecified atom stereocenters. The summed E-state index contributed by atoms with van der Waals surface area (Å²) >= 11 is 0. The molecule has 2 heteroatoms. The number of hydrogen-bond donors (Lipinski definition) is 1. The van der Waals surface area contributed by atoms with Crippen LogP contribution >= 0.6 is 0 Å². The summed E-state index contributed by atoms with van der Waals surface area (Å²) in [6.07, 6.45) is 1.33. The highest BCUT2D eigenvalue weighted by Crippen LogP contribution is 2.34. The summed E-state index contributed by atoms with van der Waals surface area (Å²) in [6.45, 7) is 1.95. The number of aldehydes is 1. The molecule has 0 radical (unpaired) electrons. The Balaban J connectivity index is 2.65. The molecule has 2 nitrogen and oxygen atoms in total. The Labute approximate surface area is 94.5 Å². The molecular formula is C14H14O2. The summed E-state index contributed by atoms with van der Waals surface area (Å²) < 4.78 is 0. The second-order valence-corrected chi connectivity index (χ2v) is 4.02. The third-order valence-electron chi connectivity index (χ3n) is 2.89. The first-order chi connectivity index (χ1) is 7.74. The highest BCUT2D eigenvalue weighted by Gasteiger charge is 2.13. The lowest BCUT2D eigenvalue weighted by molar-refractivity contribution is -0.108. The molecular weight excluding hydrogens is 200 g/mol. The van der Waals surface area contributed by atoms with Crippen molar-refractivity contribution in [3.05, 3.63) is 42.0 Å². The molecule has 0 spiro atoms. The number of carbonyl (C=O) groups is 1. The Morgan fingerprint density at radius 2 is 2.00 bits per heavy atom. The van der Waals surface area contributed by atoms with Crippen LogP contribution in [0.1, 0.15) is 24.8 Å². The number of carbonyl (C=O) groups excluding carboxylic acids is 1. The van der Waals surface area contributed by atoms with Crippen LogP contribution in [0.3, 0.4) is 0 Å². The fourth-order valence-corrected chi connectivity index (χ4v) is 2.06. The van der Waals surface area contributed by atoms with Crippen LogP contribution in [0.25, 0.3) is 10.8 Å². The quantitative estimate of drug-likeness (QED) is 0.796. The molecule has 0 fully saturated rings. The molecule has 1 N–H and O–H groups in total. The van der Waals surface area contributed by atoms with Crippen LogP contribution in [0.2, 0.25) is 0 Å². The van der Waals surface area contributed by atoms with Gasteiger partial charge in [0.1, 0.15) is 12.0 Å². The van der Waals surface area contributed by atoms with Gasteiger partial charge in [0.2, 0.25) is 0 Å². The van der Waals surface area contributed by atoms with E-state index >= 15 is 0 Å². The van der Waals surface area contributed by atoms with Gasteiger partial charge in [-0.3, -0.25) is 0 Å². The summed E-state index contributed by atoms with van der Waals surface area (Å²) in [5, 5.41) is 12.0. The zero-order chi connectivity index (χ0) is 11.5. The van der Waals surface area contributed by atoms with Gasteiger partial charge in [0.05, 0.1) is 0 Å². The number of aromatic hydroxyl groups is 1. The largest absolute Gasteiger partial charge is 0.508 e. The van der Waals surface area contributed by atoms with Gasteiger partial charge in [-0.1, -0.05) is 37.3 Å². The van der Waals surface area contributed by atoms with Crippen molar-refractivity contribution in [3.63, 3.8) is 0 Å². The molecule has 0 heterocycles. The second kappa shape index (κ2) is 4.35. The maximum absolute atomic E-state index is 10.6. The molecule has 0 amide bonds. The van der Waals surface area contributed by atoms with Gasteiger partial charge in [0, 0.05) is 12.0 Å². The Kier molecular flexibility index (Phi) is 2.91. The number of phenols is 1. The standard InChI is InChI=1S/C14H14O2/c1-10(8-9-15)14-12-5-3-2-4-11(12)6-7-13(14)16/h2-7,9-10,16H,8H2,1H3. The molecule has 0 saturated heterocycles. The lowest BCUT2D eigenvalue weighted by Gasteiger charge is -2.14. The first-order valence-electron chi connectivity index (χ1n) is 5.38. The Morgan fingerprint density at radius 1 is 1.25 bits per heavy atom. The Morgan fingerprint density at radius 3 is 2.75 bits per heavy atom. The van der Waals surface area contributed by atoms with Gasteiger partial charge >= 0.3 is 0 Å². The van der Waals surface area contributed by atoms with E-state index in [0.717, 1.165) is 22.6 Å². The van der Waals surface area contributed by atoms with Crippen LogP contribution in [0.15, 0.2) is 36.4 Å². The average Bonchev–Trinajstić information content (AvgIpc) is 2.29. The minimum Gasteiger partial charge on any atom is -0.508 e. The lowest BCUT2D eigenvalue weighted by Crippen LogP contribution is -1.96. The molecule has 0 bridgehead atoms. The van der Waals surface area contributed by atoms with Crippen LogP contribution < -0.4 is 0 Å². The van der Waals surface area contributed by atoms with Crippen molar-refractivity contribution in [2.24, 2.45) is 0 Å². The smallest absolute Gasteiger partial charge is 0.120 e. The molecule has 2 aromatic rings. The SMILES string of the molecule is CC(CC=O)c1c(O)ccc2ccccc12. The minimum atomic E-state index is 0.0450. The molecule has 2 aromatic carbocycles. The van der Waals surface area contributed by atoms with E-state index in [9.17, 15) is 9.90 Å². The highest BCUT2D eigenvalue weighted by molar-refractivity contribution is 5.88. The monoisotopic (exact) mass is 214 g/mol. The normalized spacial score (nSPS) is 12.6. The van der Waals surface area contributed by atoms with Gasteiger partial charge < -0.3 is 9.90 Å². The fourth-order valence-electron chi connectivity index (χ4n) is 2.06. The zero-order valence-corrected chi connectivity index (χ0v) is 9.18.